The van der Waals surface area contributed by atoms with Crippen molar-refractivity contribution in [3.05, 3.63) is 0 Å². The van der Waals surface area contributed by atoms with Gasteiger partial charge in [-0.15, -0.1) is 0 Å². The van der Waals surface area contributed by atoms with Gasteiger partial charge in [0.05, 0.1) is 29.5 Å². The van der Waals surface area contributed by atoms with Gasteiger partial charge in [-0.3, -0.25) is 9.59 Å². The summed E-state index contributed by atoms with van der Waals surface area (Å²) in [6.45, 7) is 5.86. The molecule has 5 aliphatic rings. The lowest BCUT2D eigenvalue weighted by Gasteiger charge is -2.59. The fourth-order valence-electron chi connectivity index (χ4n) is 6.40. The number of esters is 2. The first-order chi connectivity index (χ1) is 9.70. The number of cyclic esters (lactones) is 1. The van der Waals surface area contributed by atoms with Crippen LogP contribution >= 0.6 is 0 Å². The van der Waals surface area contributed by atoms with E-state index in [1.54, 1.807) is 0 Å². The van der Waals surface area contributed by atoms with Crippen molar-refractivity contribution >= 4 is 11.9 Å². The second kappa shape index (κ2) is 2.74. The molecule has 3 heterocycles. The van der Waals surface area contributed by atoms with Gasteiger partial charge in [-0.25, -0.2) is 0 Å². The minimum Gasteiger partial charge on any atom is -0.464 e. The number of hydrogen-bond acceptors (Lipinski definition) is 6. The van der Waals surface area contributed by atoms with Crippen LogP contribution in [0.1, 0.15) is 33.6 Å². The van der Waals surface area contributed by atoms with Gasteiger partial charge < -0.3 is 19.3 Å². The van der Waals surface area contributed by atoms with Gasteiger partial charge in [0.2, 0.25) is 0 Å². The predicted octanol–water partition coefficient (Wildman–Crippen LogP) is 0.164. The molecule has 0 bridgehead atoms. The van der Waals surface area contributed by atoms with Crippen molar-refractivity contribution in [3.8, 4) is 0 Å². The Kier molecular flexibility index (Phi) is 1.62. The number of rotatable bonds is 0. The molecule has 114 valence electrons. The molecule has 0 radical (unpaired) electrons. The van der Waals surface area contributed by atoms with Gasteiger partial charge in [0.25, 0.3) is 0 Å². The maximum absolute atomic E-state index is 12.4. The van der Waals surface area contributed by atoms with Crippen molar-refractivity contribution in [1.82, 2.24) is 0 Å². The van der Waals surface area contributed by atoms with E-state index in [0.29, 0.717) is 6.42 Å². The second-order valence-electron chi connectivity index (χ2n) is 7.88. The molecular formula is C15H18O6. The van der Waals surface area contributed by atoms with E-state index in [4.69, 9.17) is 14.2 Å². The summed E-state index contributed by atoms with van der Waals surface area (Å²) in [7, 11) is 0. The highest BCUT2D eigenvalue weighted by Gasteiger charge is 2.99. The standard InChI is InChI=1S/C15H18O6/c1-11-6-19-10(18)12(11,2)9-14-5-8(17)20-15(11,14)4-7(16)13(14,3)21-9/h7,9,16H,4-6H2,1-3H3/t7-,9-,11+,12-,13?,14+,15-/m0/s1. The zero-order valence-corrected chi connectivity index (χ0v) is 12.3. The van der Waals surface area contributed by atoms with E-state index in [9.17, 15) is 14.7 Å². The lowest BCUT2D eigenvalue weighted by Crippen LogP contribution is -2.72. The van der Waals surface area contributed by atoms with Crippen LogP contribution < -0.4 is 0 Å². The van der Waals surface area contributed by atoms with E-state index in [2.05, 4.69) is 0 Å². The maximum Gasteiger partial charge on any atom is 0.315 e. The number of carbonyl (C=O) groups excluding carboxylic acids is 2. The van der Waals surface area contributed by atoms with E-state index in [-0.39, 0.29) is 25.0 Å². The predicted molar refractivity (Wildman–Crippen MR) is 66.9 cm³/mol. The number of hydrogen-bond donors (Lipinski definition) is 1. The van der Waals surface area contributed by atoms with Gasteiger partial charge in [0, 0.05) is 6.42 Å². The van der Waals surface area contributed by atoms with E-state index in [1.165, 1.54) is 0 Å². The van der Waals surface area contributed by atoms with Crippen LogP contribution in [0.5, 0.6) is 0 Å². The third-order valence-electron chi connectivity index (χ3n) is 7.72. The molecule has 0 aromatic rings. The van der Waals surface area contributed by atoms with E-state index in [1.807, 2.05) is 20.8 Å². The molecule has 1 N–H and O–H groups in total. The average Bonchev–Trinajstić information content (AvgIpc) is 2.92. The Morgan fingerprint density at radius 1 is 1.24 bits per heavy atom. The smallest absolute Gasteiger partial charge is 0.315 e. The van der Waals surface area contributed by atoms with Crippen LogP contribution in [0, 0.1) is 16.2 Å². The Bertz CT molecular complexity index is 632. The largest absolute Gasteiger partial charge is 0.464 e. The number of aliphatic hydroxyl groups excluding tert-OH is 1. The van der Waals surface area contributed by atoms with Crippen LogP contribution in [0.2, 0.25) is 0 Å². The Hall–Kier alpha value is -1.14. The van der Waals surface area contributed by atoms with Gasteiger partial charge in [-0.2, -0.15) is 0 Å². The Morgan fingerprint density at radius 3 is 2.67 bits per heavy atom. The average molecular weight is 294 g/mol. The number of aliphatic hydroxyl groups is 1. The topological polar surface area (TPSA) is 82.1 Å². The number of carbonyl (C=O) groups is 2. The number of fused-ring (bicyclic) bond motifs is 2. The molecule has 5 fully saturated rings. The van der Waals surface area contributed by atoms with Crippen LogP contribution in [0.4, 0.5) is 0 Å². The molecule has 3 saturated heterocycles. The Labute approximate surface area is 121 Å². The molecule has 0 aromatic carbocycles. The van der Waals surface area contributed by atoms with Gasteiger partial charge in [0.1, 0.15) is 23.2 Å². The first-order valence-corrected chi connectivity index (χ1v) is 7.45. The van der Waals surface area contributed by atoms with Crippen molar-refractivity contribution in [2.45, 2.75) is 57.0 Å². The lowest BCUT2D eigenvalue weighted by molar-refractivity contribution is -0.334. The van der Waals surface area contributed by atoms with Crippen molar-refractivity contribution in [2.75, 3.05) is 6.61 Å². The molecule has 2 aliphatic carbocycles. The van der Waals surface area contributed by atoms with Gasteiger partial charge in [0.15, 0.2) is 0 Å². The molecule has 0 aromatic heterocycles. The van der Waals surface area contributed by atoms with Crippen molar-refractivity contribution < 1.29 is 28.9 Å². The highest BCUT2D eigenvalue weighted by molar-refractivity contribution is 5.86. The summed E-state index contributed by atoms with van der Waals surface area (Å²) in [4.78, 5) is 24.5. The summed E-state index contributed by atoms with van der Waals surface area (Å²) in [5, 5.41) is 10.5. The summed E-state index contributed by atoms with van der Waals surface area (Å²) in [6, 6.07) is 0. The molecule has 6 heteroatoms. The minimum absolute atomic E-state index is 0.208. The molecule has 2 saturated carbocycles. The Morgan fingerprint density at radius 2 is 1.95 bits per heavy atom. The van der Waals surface area contributed by atoms with E-state index >= 15 is 0 Å². The van der Waals surface area contributed by atoms with Crippen molar-refractivity contribution in [2.24, 2.45) is 16.2 Å². The zero-order valence-electron chi connectivity index (χ0n) is 12.3. The third kappa shape index (κ3) is 0.744. The van der Waals surface area contributed by atoms with Crippen molar-refractivity contribution in [1.29, 1.82) is 0 Å². The lowest BCUT2D eigenvalue weighted by atomic mass is 9.60. The molecule has 1 unspecified atom stereocenters. The van der Waals surface area contributed by atoms with Gasteiger partial charge >= 0.3 is 11.9 Å². The summed E-state index contributed by atoms with van der Waals surface area (Å²) in [5.74, 6) is -0.540. The molecule has 3 aliphatic heterocycles. The molecule has 21 heavy (non-hydrogen) atoms. The third-order valence-corrected chi connectivity index (χ3v) is 7.72. The summed E-state index contributed by atoms with van der Waals surface area (Å²) in [5.41, 5.74) is -3.79. The van der Waals surface area contributed by atoms with Crippen LogP contribution in [-0.4, -0.2) is 47.1 Å². The highest BCUT2D eigenvalue weighted by Crippen LogP contribution is 2.86. The van der Waals surface area contributed by atoms with Crippen LogP contribution in [0.15, 0.2) is 0 Å². The SMILES string of the molecule is CC12O[C@H]3[C@@]4(C)C(=O)OC[C@@]4(C)[C@]4(C[C@@H]1O)OC(=O)C[C@@]324. The second-order valence-corrected chi connectivity index (χ2v) is 7.88. The maximum atomic E-state index is 12.4. The fourth-order valence-corrected chi connectivity index (χ4v) is 6.40. The minimum atomic E-state index is -0.866. The normalized spacial score (nSPS) is 66.3. The quantitative estimate of drug-likeness (QED) is 0.641. The van der Waals surface area contributed by atoms with E-state index in [0.717, 1.165) is 0 Å². The molecule has 7 atom stereocenters. The molecule has 1 spiro atoms. The van der Waals surface area contributed by atoms with Crippen molar-refractivity contribution in [3.63, 3.8) is 0 Å². The van der Waals surface area contributed by atoms with Crippen LogP contribution in [-0.2, 0) is 23.8 Å². The summed E-state index contributed by atoms with van der Waals surface area (Å²) in [6.07, 6.45) is -0.601. The molecular weight excluding hydrogens is 276 g/mol. The molecule has 0 amide bonds. The summed E-state index contributed by atoms with van der Waals surface area (Å²) >= 11 is 0. The van der Waals surface area contributed by atoms with Gasteiger partial charge in [-0.05, 0) is 13.8 Å². The summed E-state index contributed by atoms with van der Waals surface area (Å²) < 4.78 is 17.3. The zero-order chi connectivity index (χ0) is 15.1. The Balaban J connectivity index is 1.85. The molecule has 6 nitrogen and oxygen atoms in total. The first-order valence-electron chi connectivity index (χ1n) is 7.45. The first kappa shape index (κ1) is 12.4. The van der Waals surface area contributed by atoms with E-state index < -0.39 is 39.7 Å². The van der Waals surface area contributed by atoms with Crippen LogP contribution in [0.25, 0.3) is 0 Å². The molecule has 5 rings (SSSR count). The number of ether oxygens (including phenoxy) is 3. The van der Waals surface area contributed by atoms with Crippen LogP contribution in [0.3, 0.4) is 0 Å². The monoisotopic (exact) mass is 294 g/mol. The fraction of sp³-hybridized carbons (Fsp3) is 0.867. The van der Waals surface area contributed by atoms with Gasteiger partial charge in [-0.1, -0.05) is 6.92 Å². The highest BCUT2D eigenvalue weighted by atomic mass is 16.6.